The number of nitrogens with zero attached hydrogens (tertiary/aromatic N) is 3. The molecule has 0 bridgehead atoms. The van der Waals surface area contributed by atoms with E-state index in [0.717, 1.165) is 5.39 Å². The smallest absolute Gasteiger partial charge is 0.244 e. The number of hydrogen-bond acceptors (Lipinski definition) is 4. The van der Waals surface area contributed by atoms with Gasteiger partial charge in [-0.3, -0.25) is 9.97 Å². The molecule has 6 heteroatoms. The zero-order valence-corrected chi connectivity index (χ0v) is 16.0. The zero-order valence-electron chi connectivity index (χ0n) is 15.1. The number of hydrogen-bond donors (Lipinski definition) is 0. The van der Waals surface area contributed by atoms with Crippen LogP contribution in [-0.4, -0.2) is 22.7 Å². The maximum atomic E-state index is 13.6. The summed E-state index contributed by atoms with van der Waals surface area (Å²) in [6, 6.07) is 23.8. The van der Waals surface area contributed by atoms with Gasteiger partial charge in [-0.05, 0) is 35.7 Å². The Balaban J connectivity index is 1.79. The molecule has 2 aromatic heterocycles. The van der Waals surface area contributed by atoms with Crippen LogP contribution in [0, 0.1) is 0 Å². The first-order chi connectivity index (χ1) is 13.6. The van der Waals surface area contributed by atoms with Gasteiger partial charge in [-0.1, -0.05) is 48.5 Å². The lowest BCUT2D eigenvalue weighted by Gasteiger charge is -2.22. The molecule has 140 valence electrons. The Labute approximate surface area is 164 Å². The van der Waals surface area contributed by atoms with Crippen LogP contribution in [0.5, 0.6) is 0 Å². The van der Waals surface area contributed by atoms with Gasteiger partial charge in [0.25, 0.3) is 0 Å². The summed E-state index contributed by atoms with van der Waals surface area (Å²) in [5.41, 5.74) is 1.37. The first kappa shape index (κ1) is 18.3. The number of benzene rings is 2. The average Bonchev–Trinajstić information content (AvgIpc) is 2.74. The summed E-state index contributed by atoms with van der Waals surface area (Å²) in [6.45, 7) is 0.339. The van der Waals surface area contributed by atoms with E-state index in [0.29, 0.717) is 16.8 Å². The lowest BCUT2D eigenvalue weighted by atomic mass is 10.1. The number of fused-ring (bicyclic) bond motifs is 1. The maximum Gasteiger partial charge on any atom is 0.244 e. The second-order valence-corrected chi connectivity index (χ2v) is 8.30. The Hall–Kier alpha value is -3.09. The fourth-order valence-electron chi connectivity index (χ4n) is 3.13. The van der Waals surface area contributed by atoms with Crippen molar-refractivity contribution >= 4 is 20.8 Å². The molecule has 4 rings (SSSR count). The molecular weight excluding hydrogens is 370 g/mol. The van der Waals surface area contributed by atoms with Gasteiger partial charge >= 0.3 is 0 Å². The summed E-state index contributed by atoms with van der Waals surface area (Å²) in [6.07, 6.45) is 3.33. The molecule has 0 N–H and O–H groups in total. The molecule has 0 unspecified atom stereocenters. The maximum absolute atomic E-state index is 13.6. The Morgan fingerprint density at radius 2 is 1.25 bits per heavy atom. The quantitative estimate of drug-likeness (QED) is 0.500. The predicted octanol–water partition coefficient (Wildman–Crippen LogP) is 4.02. The van der Waals surface area contributed by atoms with Crippen LogP contribution in [0.4, 0.5) is 0 Å². The molecule has 0 amide bonds. The third-order valence-electron chi connectivity index (χ3n) is 4.50. The van der Waals surface area contributed by atoms with Crippen molar-refractivity contribution in [2.45, 2.75) is 18.0 Å². The molecule has 5 nitrogen and oxygen atoms in total. The minimum atomic E-state index is -3.77. The molecule has 2 aromatic carbocycles. The SMILES string of the molecule is O=S(=O)(c1cccc2ccccc12)N(Cc1ccccn1)Cc1ccccn1. The van der Waals surface area contributed by atoms with Gasteiger partial charge in [-0.15, -0.1) is 0 Å². The topological polar surface area (TPSA) is 63.2 Å². The fraction of sp³-hybridized carbons (Fsp3) is 0.0909. The second kappa shape index (κ2) is 7.88. The van der Waals surface area contributed by atoms with Crippen molar-refractivity contribution in [3.8, 4) is 0 Å². The van der Waals surface area contributed by atoms with Crippen LogP contribution in [0.1, 0.15) is 11.4 Å². The number of aromatic nitrogens is 2. The van der Waals surface area contributed by atoms with E-state index in [4.69, 9.17) is 0 Å². The van der Waals surface area contributed by atoms with Crippen LogP contribution in [0.3, 0.4) is 0 Å². The third kappa shape index (κ3) is 3.78. The molecule has 0 aliphatic rings. The van der Waals surface area contributed by atoms with Crippen LogP contribution < -0.4 is 0 Å². The Morgan fingerprint density at radius 3 is 1.86 bits per heavy atom. The molecule has 0 atom stereocenters. The van der Waals surface area contributed by atoms with Gasteiger partial charge in [0, 0.05) is 17.8 Å². The van der Waals surface area contributed by atoms with Crippen LogP contribution in [0.15, 0.2) is 96.2 Å². The summed E-state index contributed by atoms with van der Waals surface area (Å²) < 4.78 is 28.7. The minimum Gasteiger partial charge on any atom is -0.260 e. The van der Waals surface area contributed by atoms with Crippen molar-refractivity contribution in [3.63, 3.8) is 0 Å². The van der Waals surface area contributed by atoms with Crippen molar-refractivity contribution in [2.24, 2.45) is 0 Å². The molecule has 0 spiro atoms. The highest BCUT2D eigenvalue weighted by molar-refractivity contribution is 7.89. The summed E-state index contributed by atoms with van der Waals surface area (Å²) in [7, 11) is -3.77. The summed E-state index contributed by atoms with van der Waals surface area (Å²) >= 11 is 0. The Morgan fingerprint density at radius 1 is 0.679 bits per heavy atom. The molecule has 0 fully saturated rings. The lowest BCUT2D eigenvalue weighted by Crippen LogP contribution is -2.31. The summed E-state index contributed by atoms with van der Waals surface area (Å²) in [5.74, 6) is 0. The zero-order chi connectivity index (χ0) is 19.4. The number of pyridine rings is 2. The van der Waals surface area contributed by atoms with E-state index in [9.17, 15) is 8.42 Å². The molecule has 0 aliphatic carbocycles. The van der Waals surface area contributed by atoms with Gasteiger partial charge in [0.2, 0.25) is 10.0 Å². The predicted molar refractivity (Wildman–Crippen MR) is 109 cm³/mol. The van der Waals surface area contributed by atoms with Gasteiger partial charge in [0.1, 0.15) is 0 Å². The fourth-order valence-corrected chi connectivity index (χ4v) is 4.73. The van der Waals surface area contributed by atoms with Crippen LogP contribution in [0.25, 0.3) is 10.8 Å². The molecule has 0 saturated heterocycles. The largest absolute Gasteiger partial charge is 0.260 e. The van der Waals surface area contributed by atoms with Crippen LogP contribution >= 0.6 is 0 Å². The lowest BCUT2D eigenvalue weighted by molar-refractivity contribution is 0.393. The highest BCUT2D eigenvalue weighted by Gasteiger charge is 2.27. The molecular formula is C22H19N3O2S. The summed E-state index contributed by atoms with van der Waals surface area (Å²) in [4.78, 5) is 8.90. The Bertz CT molecular complexity index is 1130. The molecule has 28 heavy (non-hydrogen) atoms. The van der Waals surface area contributed by atoms with Gasteiger partial charge < -0.3 is 0 Å². The highest BCUT2D eigenvalue weighted by Crippen LogP contribution is 2.27. The van der Waals surface area contributed by atoms with E-state index in [1.54, 1.807) is 24.5 Å². The van der Waals surface area contributed by atoms with E-state index in [2.05, 4.69) is 9.97 Å². The first-order valence-corrected chi connectivity index (χ1v) is 10.4. The van der Waals surface area contributed by atoms with Gasteiger partial charge in [-0.25, -0.2) is 8.42 Å². The first-order valence-electron chi connectivity index (χ1n) is 8.92. The van der Waals surface area contributed by atoms with E-state index in [1.165, 1.54) is 4.31 Å². The van der Waals surface area contributed by atoms with Gasteiger partial charge in [-0.2, -0.15) is 4.31 Å². The van der Waals surface area contributed by atoms with E-state index < -0.39 is 10.0 Å². The molecule has 4 aromatic rings. The minimum absolute atomic E-state index is 0.170. The Kier molecular flexibility index (Phi) is 5.14. The van der Waals surface area contributed by atoms with Crippen molar-refractivity contribution in [2.75, 3.05) is 0 Å². The monoisotopic (exact) mass is 389 g/mol. The highest BCUT2D eigenvalue weighted by atomic mass is 32.2. The second-order valence-electron chi connectivity index (χ2n) is 6.39. The molecule has 0 saturated carbocycles. The normalized spacial score (nSPS) is 11.8. The van der Waals surface area contributed by atoms with E-state index in [-0.39, 0.29) is 18.0 Å². The van der Waals surface area contributed by atoms with Crippen LogP contribution in [-0.2, 0) is 23.1 Å². The molecule has 0 radical (unpaired) electrons. The van der Waals surface area contributed by atoms with Gasteiger partial charge in [0.05, 0.1) is 29.4 Å². The van der Waals surface area contributed by atoms with Crippen molar-refractivity contribution in [3.05, 3.63) is 103 Å². The number of rotatable bonds is 6. The molecule has 2 heterocycles. The van der Waals surface area contributed by atoms with E-state index in [1.807, 2.05) is 66.7 Å². The third-order valence-corrected chi connectivity index (χ3v) is 6.35. The van der Waals surface area contributed by atoms with Gasteiger partial charge in [0.15, 0.2) is 0 Å². The van der Waals surface area contributed by atoms with Crippen molar-refractivity contribution < 1.29 is 8.42 Å². The number of sulfonamides is 1. The van der Waals surface area contributed by atoms with Crippen molar-refractivity contribution in [1.82, 2.24) is 14.3 Å². The van der Waals surface area contributed by atoms with Crippen LogP contribution in [0.2, 0.25) is 0 Å². The average molecular weight is 389 g/mol. The standard InChI is InChI=1S/C22H19N3O2S/c26-28(27,22-13-7-9-18-8-1-2-12-21(18)22)25(16-19-10-3-5-14-23-19)17-20-11-4-6-15-24-20/h1-15H,16-17H2. The molecule has 0 aliphatic heterocycles. The summed E-state index contributed by atoms with van der Waals surface area (Å²) in [5, 5.41) is 1.59. The van der Waals surface area contributed by atoms with E-state index >= 15 is 0 Å². The van der Waals surface area contributed by atoms with Crippen molar-refractivity contribution in [1.29, 1.82) is 0 Å².